The standard InChI is InChI=1S/C19H29NO10S/c1-10(21)20-16-18(29-13(4)24)17(28-12(3)23)15(9-27-11(2)22)30-19(16)26-7-6-8-31-14(5)25/h15-19H,6-9H2,1-5H3,(H,20,21)/t15-,16-,17-,18-,19-/m1/s1. The Bertz CT molecular complexity index is 670. The first-order valence-corrected chi connectivity index (χ1v) is 10.6. The van der Waals surface area contributed by atoms with Gasteiger partial charge >= 0.3 is 17.9 Å². The lowest BCUT2D eigenvalue weighted by atomic mass is 9.96. The van der Waals surface area contributed by atoms with Crippen molar-refractivity contribution >= 4 is 40.7 Å². The molecule has 0 spiro atoms. The van der Waals surface area contributed by atoms with Crippen LogP contribution in [-0.2, 0) is 47.7 Å². The summed E-state index contributed by atoms with van der Waals surface area (Å²) in [6.45, 7) is 6.13. The van der Waals surface area contributed by atoms with E-state index in [1.165, 1.54) is 27.7 Å². The third kappa shape index (κ3) is 10.1. The van der Waals surface area contributed by atoms with Crippen LogP contribution in [0.3, 0.4) is 0 Å². The summed E-state index contributed by atoms with van der Waals surface area (Å²) in [5.41, 5.74) is 0. The van der Waals surface area contributed by atoms with Crippen molar-refractivity contribution in [2.45, 2.75) is 71.7 Å². The van der Waals surface area contributed by atoms with Gasteiger partial charge in [0.2, 0.25) is 5.91 Å². The van der Waals surface area contributed by atoms with Crippen molar-refractivity contribution in [1.29, 1.82) is 0 Å². The van der Waals surface area contributed by atoms with Crippen molar-refractivity contribution in [1.82, 2.24) is 5.32 Å². The van der Waals surface area contributed by atoms with Gasteiger partial charge in [0.1, 0.15) is 18.8 Å². The first-order chi connectivity index (χ1) is 14.5. The Hall–Kier alpha value is -2.18. The molecule has 1 saturated heterocycles. The normalized spacial score (nSPS) is 25.3. The van der Waals surface area contributed by atoms with Gasteiger partial charge in [0.15, 0.2) is 23.6 Å². The number of thioether (sulfide) groups is 1. The second-order valence-corrected chi connectivity index (χ2v) is 8.06. The minimum Gasteiger partial charge on any atom is -0.463 e. The topological polar surface area (TPSA) is 144 Å². The lowest BCUT2D eigenvalue weighted by Gasteiger charge is -2.44. The van der Waals surface area contributed by atoms with E-state index in [-0.39, 0.29) is 18.3 Å². The van der Waals surface area contributed by atoms with Crippen molar-refractivity contribution < 1.29 is 47.7 Å². The lowest BCUT2D eigenvalue weighted by molar-refractivity contribution is -0.277. The fourth-order valence-electron chi connectivity index (χ4n) is 2.91. The van der Waals surface area contributed by atoms with E-state index < -0.39 is 54.5 Å². The number of hydrogen-bond acceptors (Lipinski definition) is 11. The van der Waals surface area contributed by atoms with E-state index in [1.54, 1.807) is 0 Å². The Morgan fingerprint density at radius 3 is 2.03 bits per heavy atom. The van der Waals surface area contributed by atoms with Crippen LogP contribution in [0.5, 0.6) is 0 Å². The number of rotatable bonds is 10. The summed E-state index contributed by atoms with van der Waals surface area (Å²) in [6.07, 6.45) is -3.92. The van der Waals surface area contributed by atoms with Gasteiger partial charge in [-0.15, -0.1) is 0 Å². The Morgan fingerprint density at radius 1 is 0.903 bits per heavy atom. The maximum absolute atomic E-state index is 11.8. The van der Waals surface area contributed by atoms with Crippen molar-refractivity contribution in [2.24, 2.45) is 0 Å². The average molecular weight is 464 g/mol. The molecule has 0 saturated carbocycles. The van der Waals surface area contributed by atoms with Gasteiger partial charge < -0.3 is 29.0 Å². The molecule has 1 amide bonds. The molecule has 5 atom stereocenters. The van der Waals surface area contributed by atoms with Crippen molar-refractivity contribution in [2.75, 3.05) is 19.0 Å². The Morgan fingerprint density at radius 2 is 1.52 bits per heavy atom. The largest absolute Gasteiger partial charge is 0.463 e. The van der Waals surface area contributed by atoms with Crippen LogP contribution in [0.2, 0.25) is 0 Å². The number of amides is 1. The zero-order chi connectivity index (χ0) is 23.6. The quantitative estimate of drug-likeness (QED) is 0.272. The minimum absolute atomic E-state index is 0.0226. The van der Waals surface area contributed by atoms with Crippen LogP contribution in [0.25, 0.3) is 0 Å². The van der Waals surface area contributed by atoms with Crippen LogP contribution < -0.4 is 5.32 Å². The van der Waals surface area contributed by atoms with E-state index in [9.17, 15) is 24.0 Å². The molecule has 1 heterocycles. The molecule has 1 N–H and O–H groups in total. The average Bonchev–Trinajstić information content (AvgIpc) is 2.62. The Balaban J connectivity index is 3.11. The second-order valence-electron chi connectivity index (χ2n) is 6.78. The molecular formula is C19H29NO10S. The van der Waals surface area contributed by atoms with Gasteiger partial charge in [-0.05, 0) is 6.42 Å². The summed E-state index contributed by atoms with van der Waals surface area (Å²) in [5, 5.41) is 2.59. The number of carbonyl (C=O) groups is 5. The highest BCUT2D eigenvalue weighted by molar-refractivity contribution is 8.13. The Kier molecular flexibility index (Phi) is 11.5. The molecule has 1 rings (SSSR count). The molecule has 11 nitrogen and oxygen atoms in total. The van der Waals surface area contributed by atoms with E-state index in [0.29, 0.717) is 12.2 Å². The van der Waals surface area contributed by atoms with E-state index in [1.807, 2.05) is 0 Å². The molecule has 31 heavy (non-hydrogen) atoms. The van der Waals surface area contributed by atoms with Crippen LogP contribution in [0.4, 0.5) is 0 Å². The molecule has 0 aromatic heterocycles. The summed E-state index contributed by atoms with van der Waals surface area (Å²) >= 11 is 1.14. The van der Waals surface area contributed by atoms with Gasteiger partial charge in [-0.25, -0.2) is 0 Å². The van der Waals surface area contributed by atoms with Gasteiger partial charge in [0.25, 0.3) is 0 Å². The SMILES string of the molecule is CC(=O)N[C@H]1[C@H](OCCCSC(C)=O)O[C@H](COC(C)=O)[C@@H](OC(C)=O)[C@@H]1OC(C)=O. The zero-order valence-electron chi connectivity index (χ0n) is 18.2. The molecule has 1 aliphatic heterocycles. The Labute approximate surface area is 184 Å². The molecule has 12 heteroatoms. The molecule has 1 aliphatic rings. The van der Waals surface area contributed by atoms with E-state index >= 15 is 0 Å². The second kappa shape index (κ2) is 13.3. The third-order valence-electron chi connectivity index (χ3n) is 3.95. The summed E-state index contributed by atoms with van der Waals surface area (Å²) in [7, 11) is 0. The molecule has 0 aromatic carbocycles. The highest BCUT2D eigenvalue weighted by Gasteiger charge is 2.51. The number of esters is 3. The zero-order valence-corrected chi connectivity index (χ0v) is 19.0. The molecule has 0 aliphatic carbocycles. The van der Waals surface area contributed by atoms with Crippen LogP contribution in [-0.4, -0.2) is 78.5 Å². The van der Waals surface area contributed by atoms with Crippen LogP contribution in [0.1, 0.15) is 41.0 Å². The molecule has 0 unspecified atom stereocenters. The van der Waals surface area contributed by atoms with E-state index in [2.05, 4.69) is 5.32 Å². The highest BCUT2D eigenvalue weighted by atomic mass is 32.2. The molecule has 1 fully saturated rings. The number of hydrogen-bond donors (Lipinski definition) is 1. The first kappa shape index (κ1) is 26.9. The number of ether oxygens (including phenoxy) is 5. The first-order valence-electron chi connectivity index (χ1n) is 9.66. The monoisotopic (exact) mass is 463 g/mol. The minimum atomic E-state index is -1.16. The summed E-state index contributed by atoms with van der Waals surface area (Å²) in [5.74, 6) is -1.88. The van der Waals surface area contributed by atoms with Gasteiger partial charge in [0, 0.05) is 40.4 Å². The number of nitrogens with one attached hydrogen (secondary N) is 1. The fraction of sp³-hybridized carbons (Fsp3) is 0.737. The van der Waals surface area contributed by atoms with Gasteiger partial charge in [-0.1, -0.05) is 11.8 Å². The van der Waals surface area contributed by atoms with E-state index in [4.69, 9.17) is 23.7 Å². The van der Waals surface area contributed by atoms with Crippen molar-refractivity contribution in [3.8, 4) is 0 Å². The third-order valence-corrected chi connectivity index (χ3v) is 4.85. The maximum Gasteiger partial charge on any atom is 0.303 e. The van der Waals surface area contributed by atoms with Crippen LogP contribution in [0, 0.1) is 0 Å². The number of carbonyl (C=O) groups excluding carboxylic acids is 5. The predicted molar refractivity (Wildman–Crippen MR) is 108 cm³/mol. The summed E-state index contributed by atoms with van der Waals surface area (Å²) < 4.78 is 27.3. The molecular weight excluding hydrogens is 434 g/mol. The molecule has 0 bridgehead atoms. The summed E-state index contributed by atoms with van der Waals surface area (Å²) in [6, 6.07) is -1.00. The fourth-order valence-corrected chi connectivity index (χ4v) is 3.46. The van der Waals surface area contributed by atoms with E-state index in [0.717, 1.165) is 18.7 Å². The highest BCUT2D eigenvalue weighted by Crippen LogP contribution is 2.28. The molecule has 0 aromatic rings. The predicted octanol–water partition coefficient (Wildman–Crippen LogP) is 0.329. The van der Waals surface area contributed by atoms with Crippen molar-refractivity contribution in [3.05, 3.63) is 0 Å². The van der Waals surface area contributed by atoms with Gasteiger partial charge in [-0.3, -0.25) is 24.0 Å². The summed E-state index contributed by atoms with van der Waals surface area (Å²) in [4.78, 5) is 57.5. The van der Waals surface area contributed by atoms with Gasteiger partial charge in [-0.2, -0.15) is 0 Å². The smallest absolute Gasteiger partial charge is 0.303 e. The maximum atomic E-state index is 11.8. The van der Waals surface area contributed by atoms with Gasteiger partial charge in [0.05, 0.1) is 6.61 Å². The molecule has 0 radical (unpaired) electrons. The van der Waals surface area contributed by atoms with Crippen LogP contribution >= 0.6 is 11.8 Å². The lowest BCUT2D eigenvalue weighted by Crippen LogP contribution is -2.66. The van der Waals surface area contributed by atoms with Crippen LogP contribution in [0.15, 0.2) is 0 Å². The van der Waals surface area contributed by atoms with Crippen molar-refractivity contribution in [3.63, 3.8) is 0 Å². The molecule has 176 valence electrons.